The average molecular weight is 675 g/mol. The summed E-state index contributed by atoms with van der Waals surface area (Å²) >= 11 is 5.42. The van der Waals surface area contributed by atoms with Crippen molar-refractivity contribution in [1.82, 2.24) is 0 Å². The predicted molar refractivity (Wildman–Crippen MR) is 166 cm³/mol. The molecular weight excluding hydrogens is 651 g/mol. The smallest absolute Gasteiger partial charge is 1.00 e. The summed E-state index contributed by atoms with van der Waals surface area (Å²) in [5.41, 5.74) is 13.5. The Morgan fingerprint density at radius 3 is 2.15 bits per heavy atom. The van der Waals surface area contributed by atoms with Gasteiger partial charge < -0.3 is 24.8 Å². The summed E-state index contributed by atoms with van der Waals surface area (Å²) in [6.07, 6.45) is 7.33. The van der Waals surface area contributed by atoms with Crippen LogP contribution in [0.3, 0.4) is 0 Å². The molecule has 0 atom stereocenters. The van der Waals surface area contributed by atoms with Crippen molar-refractivity contribution in [3.8, 4) is 11.1 Å². The van der Waals surface area contributed by atoms with Gasteiger partial charge in [0.2, 0.25) is 0 Å². The fraction of sp³-hybridized carbons (Fsp3) is 0.0909. The number of allylic oxidation sites excluding steroid dienone is 3. The van der Waals surface area contributed by atoms with E-state index in [2.05, 4.69) is 111 Å². The first-order valence-corrected chi connectivity index (χ1v) is 18.0. The summed E-state index contributed by atoms with van der Waals surface area (Å²) in [5.74, 6) is 0. The molecule has 2 aromatic heterocycles. The normalized spacial score (nSPS) is 14.6. The summed E-state index contributed by atoms with van der Waals surface area (Å²) in [4.78, 5) is 2.89. The molecule has 0 saturated carbocycles. The molecule has 0 bridgehead atoms. The molecule has 39 heavy (non-hydrogen) atoms. The Balaban J connectivity index is 0.00000154. The molecule has 0 spiro atoms. The maximum Gasteiger partial charge on any atom is -1.00 e. The van der Waals surface area contributed by atoms with E-state index in [4.69, 9.17) is 0 Å². The van der Waals surface area contributed by atoms with Crippen LogP contribution in [0.15, 0.2) is 77.9 Å². The number of halogens is 2. The Morgan fingerprint density at radius 2 is 1.41 bits per heavy atom. The zero-order chi connectivity index (χ0) is 25.3. The van der Waals surface area contributed by atoms with Gasteiger partial charge in [0.1, 0.15) is 0 Å². The van der Waals surface area contributed by atoms with E-state index in [1.54, 1.807) is 0 Å². The summed E-state index contributed by atoms with van der Waals surface area (Å²) < 4.78 is 4.30. The van der Waals surface area contributed by atoms with E-state index in [0.717, 1.165) is 0 Å². The van der Waals surface area contributed by atoms with Gasteiger partial charge >= 0.3 is 213 Å². The third-order valence-corrected chi connectivity index (χ3v) is 12.3. The third-order valence-electron chi connectivity index (χ3n) is 7.21. The van der Waals surface area contributed by atoms with Crippen LogP contribution in [0.2, 0.25) is 13.1 Å². The number of rotatable bonds is 3. The standard InChI is InChI=1S/C33H24S2Si.2ClH.Zr/c1-20-15-27-32-24(22-9-5-4-6-10-22)12-8-14-29(32)35-33(27)25(20)18-23-11-7-13-28-31(23)26-16-21(19-36(2)3)17-30(26)34-28;;;/h4-16,18-19H,1-3H3;2*1H;/q;;;+2/p-2. The van der Waals surface area contributed by atoms with Crippen molar-refractivity contribution in [2.45, 2.75) is 20.0 Å². The first kappa shape index (κ1) is 28.7. The number of fused-ring (bicyclic) bond motifs is 6. The van der Waals surface area contributed by atoms with Crippen LogP contribution in [0.1, 0.15) is 33.4 Å². The van der Waals surface area contributed by atoms with Gasteiger partial charge in [-0.1, -0.05) is 30.3 Å². The summed E-state index contributed by atoms with van der Waals surface area (Å²) in [6.45, 7) is 7.01. The van der Waals surface area contributed by atoms with Crippen molar-refractivity contribution < 1.29 is 49.0 Å². The maximum atomic E-state index is 2.52. The Bertz CT molecular complexity index is 1920. The molecule has 7 rings (SSSR count). The minimum absolute atomic E-state index is 0. The van der Waals surface area contributed by atoms with Gasteiger partial charge in [0, 0.05) is 0 Å². The summed E-state index contributed by atoms with van der Waals surface area (Å²) in [6, 6.07) is 24.4. The van der Waals surface area contributed by atoms with Gasteiger partial charge in [-0.05, 0) is 0 Å². The molecule has 0 fully saturated rings. The molecule has 2 aliphatic rings. The van der Waals surface area contributed by atoms with Gasteiger partial charge in [-0.3, -0.25) is 0 Å². The Kier molecular flexibility index (Phi) is 8.28. The van der Waals surface area contributed by atoms with E-state index >= 15 is 0 Å². The zero-order valence-corrected chi connectivity index (χ0v) is 28.3. The van der Waals surface area contributed by atoms with Crippen LogP contribution in [-0.4, -0.2) is 17.3 Å². The summed E-state index contributed by atoms with van der Waals surface area (Å²) in [7, 11) is -0.416. The second kappa shape index (κ2) is 11.2. The number of hydrogen-bond donors (Lipinski definition) is 0. The first-order valence-electron chi connectivity index (χ1n) is 12.5. The predicted octanol–water partition coefficient (Wildman–Crippen LogP) is 3.35. The monoisotopic (exact) mass is 672 g/mol. The van der Waals surface area contributed by atoms with Gasteiger partial charge in [-0.2, -0.15) is 0 Å². The first-order chi connectivity index (χ1) is 18.0. The molecule has 0 nitrogen and oxygen atoms in total. The van der Waals surface area contributed by atoms with Crippen LogP contribution in [0.4, 0.5) is 0 Å². The van der Waals surface area contributed by atoms with E-state index in [1.165, 1.54) is 102 Å². The molecule has 2 aliphatic carbocycles. The average Bonchev–Trinajstić information content (AvgIpc) is 3.60. The SMILES string of the molecule is CC1=Cc2c(sc3cccc(-c4ccccc4)c23)C1=Cc1cccc2sc3c(c12)C=C(C=[Si](C)C)[C]3=[Zr+2].[Cl-].[Cl-]. The van der Waals surface area contributed by atoms with E-state index in [-0.39, 0.29) is 24.8 Å². The molecule has 0 N–H and O–H groups in total. The molecule has 0 aliphatic heterocycles. The molecule has 6 heteroatoms. The topological polar surface area (TPSA) is 0 Å². The van der Waals surface area contributed by atoms with E-state index in [9.17, 15) is 0 Å². The fourth-order valence-electron chi connectivity index (χ4n) is 5.60. The molecule has 0 saturated heterocycles. The van der Waals surface area contributed by atoms with Gasteiger partial charge in [-0.15, -0.1) is 0 Å². The summed E-state index contributed by atoms with van der Waals surface area (Å²) in [5, 5.41) is 2.81. The molecule has 2 heterocycles. The van der Waals surface area contributed by atoms with Crippen molar-refractivity contribution in [1.29, 1.82) is 0 Å². The van der Waals surface area contributed by atoms with Gasteiger partial charge in [0.15, 0.2) is 0 Å². The van der Waals surface area contributed by atoms with Crippen molar-refractivity contribution in [2.24, 2.45) is 0 Å². The number of thiophene rings is 2. The quantitative estimate of drug-likeness (QED) is 0.258. The minimum Gasteiger partial charge on any atom is -1.00 e. The molecule has 0 unspecified atom stereocenters. The van der Waals surface area contributed by atoms with E-state index in [1.807, 2.05) is 22.7 Å². The fourth-order valence-corrected chi connectivity index (χ4v) is 10.3. The zero-order valence-electron chi connectivity index (χ0n) is 21.7. The van der Waals surface area contributed by atoms with Crippen LogP contribution >= 0.6 is 22.7 Å². The number of hydrogen-bond acceptors (Lipinski definition) is 2. The second-order valence-corrected chi connectivity index (χ2v) is 15.8. The largest absolute Gasteiger partial charge is 1.00 e. The Labute approximate surface area is 266 Å². The number of benzene rings is 3. The Morgan fingerprint density at radius 1 is 0.744 bits per heavy atom. The molecular formula is C33H24Cl2S2SiZr. The van der Waals surface area contributed by atoms with Gasteiger partial charge in [0.25, 0.3) is 0 Å². The van der Waals surface area contributed by atoms with Crippen LogP contribution in [-0.2, 0) is 24.2 Å². The van der Waals surface area contributed by atoms with Crippen LogP contribution in [0, 0.1) is 0 Å². The maximum absolute atomic E-state index is 2.52. The van der Waals surface area contributed by atoms with Crippen molar-refractivity contribution in [3.05, 3.63) is 104 Å². The molecule has 190 valence electrons. The minimum atomic E-state index is -0.416. The van der Waals surface area contributed by atoms with Crippen molar-refractivity contribution in [2.75, 3.05) is 0 Å². The van der Waals surface area contributed by atoms with Gasteiger partial charge in [-0.25, -0.2) is 0 Å². The van der Waals surface area contributed by atoms with Crippen LogP contribution < -0.4 is 24.8 Å². The van der Waals surface area contributed by atoms with Crippen molar-refractivity contribution >= 4 is 83.9 Å². The van der Waals surface area contributed by atoms with Gasteiger partial charge in [0.05, 0.1) is 0 Å². The van der Waals surface area contributed by atoms with Crippen LogP contribution in [0.5, 0.6) is 0 Å². The Hall–Kier alpha value is -1.78. The third kappa shape index (κ3) is 4.78. The molecule has 3 aromatic carbocycles. The van der Waals surface area contributed by atoms with Crippen LogP contribution in [0.25, 0.3) is 55.1 Å². The van der Waals surface area contributed by atoms with E-state index < -0.39 is 8.41 Å². The van der Waals surface area contributed by atoms with E-state index in [0.29, 0.717) is 0 Å². The molecule has 0 amide bonds. The second-order valence-electron chi connectivity index (χ2n) is 10.0. The molecule has 5 aromatic rings. The molecule has 0 radical (unpaired) electrons. The van der Waals surface area contributed by atoms with Crippen molar-refractivity contribution in [3.63, 3.8) is 0 Å².